The van der Waals surface area contributed by atoms with Gasteiger partial charge in [0.15, 0.2) is 11.4 Å². The monoisotopic (exact) mass is 298 g/mol. The molecule has 10 heteroatoms. The quantitative estimate of drug-likeness (QED) is 0.228. The standard InChI is InChI=1S/C11H15FN6O3/c1-17-10(8(6-14-17)18(20)21)11(12)4-2-7(15-16-13)9(19)3-5-11/h6-7,9,19H,2-5H2,1H3/t7-,9-,11?/m1/s1. The summed E-state index contributed by atoms with van der Waals surface area (Å²) in [5.74, 6) is 0. The molecule has 21 heavy (non-hydrogen) atoms. The van der Waals surface area contributed by atoms with Crippen molar-refractivity contribution in [3.8, 4) is 0 Å². The molecule has 1 unspecified atom stereocenters. The number of aromatic nitrogens is 2. The Morgan fingerprint density at radius 3 is 2.95 bits per heavy atom. The van der Waals surface area contributed by atoms with Crippen LogP contribution >= 0.6 is 0 Å². The predicted octanol–water partition coefficient (Wildman–Crippen LogP) is 2.11. The Balaban J connectivity index is 2.37. The number of nitrogens with zero attached hydrogens (tertiary/aromatic N) is 6. The Morgan fingerprint density at radius 1 is 1.67 bits per heavy atom. The number of hydrogen-bond donors (Lipinski definition) is 1. The number of alkyl halides is 1. The predicted molar refractivity (Wildman–Crippen MR) is 70.1 cm³/mol. The molecule has 1 saturated carbocycles. The molecule has 9 nitrogen and oxygen atoms in total. The third kappa shape index (κ3) is 2.81. The second-order valence-corrected chi connectivity index (χ2v) is 5.14. The van der Waals surface area contributed by atoms with E-state index in [1.165, 1.54) is 7.05 Å². The molecule has 3 atom stereocenters. The molecule has 1 aromatic heterocycles. The third-order valence-electron chi connectivity index (χ3n) is 3.86. The van der Waals surface area contributed by atoms with Crippen LogP contribution in [0.1, 0.15) is 31.4 Å². The molecule has 0 amide bonds. The second-order valence-electron chi connectivity index (χ2n) is 5.14. The minimum absolute atomic E-state index is 0.0581. The molecule has 1 aliphatic rings. The molecule has 1 aliphatic carbocycles. The van der Waals surface area contributed by atoms with Crippen molar-refractivity contribution in [2.24, 2.45) is 12.2 Å². The first-order valence-corrected chi connectivity index (χ1v) is 6.47. The van der Waals surface area contributed by atoms with Crippen molar-refractivity contribution in [3.63, 3.8) is 0 Å². The summed E-state index contributed by atoms with van der Waals surface area (Å²) in [6.45, 7) is 0. The van der Waals surface area contributed by atoms with Crippen LogP contribution in [0, 0.1) is 10.1 Å². The molecule has 1 aromatic rings. The van der Waals surface area contributed by atoms with E-state index < -0.39 is 22.7 Å². The van der Waals surface area contributed by atoms with Gasteiger partial charge >= 0.3 is 5.69 Å². The van der Waals surface area contributed by atoms with Crippen LogP contribution in [0.2, 0.25) is 0 Å². The highest BCUT2D eigenvalue weighted by molar-refractivity contribution is 5.37. The average Bonchev–Trinajstić information content (AvgIpc) is 2.77. The number of aliphatic hydroxyl groups is 1. The molecule has 1 N–H and O–H groups in total. The van der Waals surface area contributed by atoms with E-state index in [2.05, 4.69) is 15.1 Å². The van der Waals surface area contributed by atoms with Gasteiger partial charge in [0.05, 0.1) is 17.1 Å². The maximum atomic E-state index is 15.3. The van der Waals surface area contributed by atoms with E-state index in [1.807, 2.05) is 0 Å². The largest absolute Gasteiger partial charge is 0.393 e. The molecule has 2 rings (SSSR count). The normalized spacial score (nSPS) is 29.5. The highest BCUT2D eigenvalue weighted by Crippen LogP contribution is 2.43. The topological polar surface area (TPSA) is 130 Å². The molecular formula is C11H15FN6O3. The zero-order valence-corrected chi connectivity index (χ0v) is 11.4. The molecule has 0 radical (unpaired) electrons. The van der Waals surface area contributed by atoms with Gasteiger partial charge in [0.25, 0.3) is 0 Å². The van der Waals surface area contributed by atoms with E-state index in [0.29, 0.717) is 0 Å². The van der Waals surface area contributed by atoms with Crippen LogP contribution in [0.25, 0.3) is 10.4 Å². The Kier molecular flexibility index (Phi) is 4.10. The van der Waals surface area contributed by atoms with Gasteiger partial charge in [0, 0.05) is 12.0 Å². The second kappa shape index (κ2) is 5.66. The fraction of sp³-hybridized carbons (Fsp3) is 0.727. The van der Waals surface area contributed by atoms with Gasteiger partial charge in [-0.2, -0.15) is 5.10 Å². The van der Waals surface area contributed by atoms with Crippen molar-refractivity contribution in [2.75, 3.05) is 0 Å². The Labute approximate surface area is 119 Å². The summed E-state index contributed by atoms with van der Waals surface area (Å²) in [6, 6.07) is -0.722. The number of hydrogen-bond acceptors (Lipinski definition) is 5. The van der Waals surface area contributed by atoms with E-state index in [-0.39, 0.29) is 37.1 Å². The number of nitro groups is 1. The highest BCUT2D eigenvalue weighted by Gasteiger charge is 2.44. The molecule has 0 aliphatic heterocycles. The lowest BCUT2D eigenvalue weighted by atomic mass is 9.91. The van der Waals surface area contributed by atoms with Crippen LogP contribution in [-0.2, 0) is 12.7 Å². The third-order valence-corrected chi connectivity index (χ3v) is 3.86. The number of rotatable bonds is 3. The highest BCUT2D eigenvalue weighted by atomic mass is 19.1. The summed E-state index contributed by atoms with van der Waals surface area (Å²) in [5.41, 5.74) is 5.99. The first-order valence-electron chi connectivity index (χ1n) is 6.47. The number of azide groups is 1. The van der Waals surface area contributed by atoms with Gasteiger partial charge in [0.1, 0.15) is 6.20 Å². The Hall–Kier alpha value is -2.19. The van der Waals surface area contributed by atoms with E-state index in [1.54, 1.807) is 0 Å². The molecular weight excluding hydrogens is 283 g/mol. The van der Waals surface area contributed by atoms with Gasteiger partial charge in [-0.25, -0.2) is 4.39 Å². The molecule has 0 aromatic carbocycles. The van der Waals surface area contributed by atoms with E-state index in [9.17, 15) is 15.2 Å². The van der Waals surface area contributed by atoms with Crippen molar-refractivity contribution in [1.82, 2.24) is 9.78 Å². The first kappa shape index (κ1) is 15.2. The number of aliphatic hydroxyl groups excluding tert-OH is 1. The van der Waals surface area contributed by atoms with Crippen LogP contribution in [0.5, 0.6) is 0 Å². The van der Waals surface area contributed by atoms with Gasteiger partial charge < -0.3 is 5.11 Å². The van der Waals surface area contributed by atoms with Gasteiger partial charge in [-0.05, 0) is 31.2 Å². The SMILES string of the molecule is Cn1ncc([N+](=O)[O-])c1C1(F)CC[C@@H](O)[C@H](N=[N+]=[N-])CC1. The summed E-state index contributed by atoms with van der Waals surface area (Å²) in [5, 5.41) is 28.1. The first-order chi connectivity index (χ1) is 9.89. The van der Waals surface area contributed by atoms with Crippen molar-refractivity contribution < 1.29 is 14.4 Å². The van der Waals surface area contributed by atoms with Crippen LogP contribution in [0.3, 0.4) is 0 Å². The van der Waals surface area contributed by atoms with Crippen LogP contribution in [-0.4, -0.2) is 32.0 Å². The fourth-order valence-electron chi connectivity index (χ4n) is 2.78. The fourth-order valence-corrected chi connectivity index (χ4v) is 2.78. The van der Waals surface area contributed by atoms with E-state index >= 15 is 4.39 Å². The molecule has 1 heterocycles. The van der Waals surface area contributed by atoms with Crippen LogP contribution < -0.4 is 0 Å². The summed E-state index contributed by atoms with van der Waals surface area (Å²) < 4.78 is 16.4. The summed E-state index contributed by atoms with van der Waals surface area (Å²) in [7, 11) is 1.44. The molecule has 114 valence electrons. The van der Waals surface area contributed by atoms with Crippen LogP contribution in [0.15, 0.2) is 11.3 Å². The Bertz CT molecular complexity index is 599. The zero-order chi connectivity index (χ0) is 15.6. The van der Waals surface area contributed by atoms with Gasteiger partial charge in [-0.15, -0.1) is 0 Å². The lowest BCUT2D eigenvalue weighted by molar-refractivity contribution is -0.386. The molecule has 0 bridgehead atoms. The Morgan fingerprint density at radius 2 is 2.33 bits per heavy atom. The maximum absolute atomic E-state index is 15.3. The van der Waals surface area contributed by atoms with E-state index in [0.717, 1.165) is 10.9 Å². The van der Waals surface area contributed by atoms with Crippen molar-refractivity contribution >= 4 is 5.69 Å². The zero-order valence-electron chi connectivity index (χ0n) is 11.4. The summed E-state index contributed by atoms with van der Waals surface area (Å²) in [6.07, 6.45) is 0.0704. The minimum Gasteiger partial charge on any atom is -0.393 e. The molecule has 0 spiro atoms. The van der Waals surface area contributed by atoms with Crippen LogP contribution in [0.4, 0.5) is 10.1 Å². The summed E-state index contributed by atoms with van der Waals surface area (Å²) >= 11 is 0. The van der Waals surface area contributed by atoms with Gasteiger partial charge in [0.2, 0.25) is 0 Å². The number of halogens is 1. The van der Waals surface area contributed by atoms with E-state index in [4.69, 9.17) is 5.53 Å². The summed E-state index contributed by atoms with van der Waals surface area (Å²) in [4.78, 5) is 13.0. The average molecular weight is 298 g/mol. The van der Waals surface area contributed by atoms with Crippen molar-refractivity contribution in [2.45, 2.75) is 43.5 Å². The molecule has 1 fully saturated rings. The number of aryl methyl sites for hydroxylation is 1. The smallest absolute Gasteiger partial charge is 0.313 e. The van der Waals surface area contributed by atoms with Crippen molar-refractivity contribution in [3.05, 3.63) is 32.4 Å². The van der Waals surface area contributed by atoms with Gasteiger partial charge in [-0.1, -0.05) is 5.11 Å². The molecule has 0 saturated heterocycles. The van der Waals surface area contributed by atoms with Gasteiger partial charge in [-0.3, -0.25) is 14.8 Å². The minimum atomic E-state index is -1.98. The maximum Gasteiger partial charge on any atom is 0.313 e. The lowest BCUT2D eigenvalue weighted by Gasteiger charge is -2.23. The van der Waals surface area contributed by atoms with Crippen molar-refractivity contribution in [1.29, 1.82) is 0 Å². The lowest BCUT2D eigenvalue weighted by Crippen LogP contribution is -2.24.